The van der Waals surface area contributed by atoms with Gasteiger partial charge >= 0.3 is 0 Å². The molecule has 0 bridgehead atoms. The van der Waals surface area contributed by atoms with E-state index in [2.05, 4.69) is 10.4 Å². The minimum atomic E-state index is -0.128. The second-order valence-electron chi connectivity index (χ2n) is 5.76. The molecule has 2 aromatic heterocycles. The number of hydrogen-bond acceptors (Lipinski definition) is 4. The van der Waals surface area contributed by atoms with Gasteiger partial charge in [-0.3, -0.25) is 9.59 Å². The Balaban J connectivity index is 1.40. The molecule has 0 atom stereocenters. The lowest BCUT2D eigenvalue weighted by molar-refractivity contribution is -0.121. The molecule has 0 fully saturated rings. The maximum Gasteiger partial charge on any atom is 0.220 e. The third kappa shape index (κ3) is 5.03. The monoisotopic (exact) mass is 387 g/mol. The number of thiophene rings is 1. The van der Waals surface area contributed by atoms with Gasteiger partial charge in [0.2, 0.25) is 5.91 Å². The highest BCUT2D eigenvalue weighted by atomic mass is 35.5. The van der Waals surface area contributed by atoms with Crippen LogP contribution >= 0.6 is 22.9 Å². The van der Waals surface area contributed by atoms with Crippen LogP contribution in [0.3, 0.4) is 0 Å². The molecule has 0 radical (unpaired) electrons. The molecule has 0 unspecified atom stereocenters. The van der Waals surface area contributed by atoms with Crippen molar-refractivity contribution >= 4 is 34.6 Å². The number of rotatable bonds is 8. The predicted octanol–water partition coefficient (Wildman–Crippen LogP) is 3.91. The van der Waals surface area contributed by atoms with Crippen LogP contribution in [0.5, 0.6) is 0 Å². The quantitative estimate of drug-likeness (QED) is 0.596. The molecule has 0 saturated carbocycles. The number of carbonyl (C=O) groups excluding carboxylic acids is 2. The van der Waals surface area contributed by atoms with Crippen molar-refractivity contribution in [3.05, 3.63) is 69.6 Å². The van der Waals surface area contributed by atoms with Gasteiger partial charge in [0.1, 0.15) is 0 Å². The summed E-state index contributed by atoms with van der Waals surface area (Å²) in [6.45, 7) is 0.512. The van der Waals surface area contributed by atoms with E-state index in [1.807, 2.05) is 41.2 Å². The van der Waals surface area contributed by atoms with Gasteiger partial charge in [0.25, 0.3) is 0 Å². The second kappa shape index (κ2) is 8.78. The van der Waals surface area contributed by atoms with Crippen LogP contribution in [0.15, 0.2) is 54.9 Å². The highest BCUT2D eigenvalue weighted by Gasteiger charge is 2.11. The molecule has 134 valence electrons. The highest BCUT2D eigenvalue weighted by Crippen LogP contribution is 2.22. The molecular formula is C19H18ClN3O2S. The fourth-order valence-corrected chi connectivity index (χ4v) is 3.47. The fourth-order valence-electron chi connectivity index (χ4n) is 2.46. The summed E-state index contributed by atoms with van der Waals surface area (Å²) in [5, 5.41) is 7.17. The standard InChI is InChI=1S/C19H18ClN3O2S/c20-18-8-7-17(26-18)16(24)6-9-19(25)21-11-10-14-12-22-23(13-14)15-4-2-1-3-5-15/h1-5,7-8,12-13H,6,9-11H2,(H,21,25). The summed E-state index contributed by atoms with van der Waals surface area (Å²) < 4.78 is 2.39. The van der Waals surface area contributed by atoms with E-state index in [4.69, 9.17) is 11.6 Å². The number of ketones is 1. The first kappa shape index (κ1) is 18.4. The Labute approximate surface area is 160 Å². The molecule has 5 nitrogen and oxygen atoms in total. The average Bonchev–Trinajstić information content (AvgIpc) is 3.30. The maximum absolute atomic E-state index is 12.0. The summed E-state index contributed by atoms with van der Waals surface area (Å²) in [6, 6.07) is 13.2. The summed E-state index contributed by atoms with van der Waals surface area (Å²) in [7, 11) is 0. The Morgan fingerprint density at radius 2 is 1.92 bits per heavy atom. The number of Topliss-reactive ketones (excluding diaryl/α,β-unsaturated/α-hetero) is 1. The van der Waals surface area contributed by atoms with E-state index >= 15 is 0 Å². The molecule has 0 aliphatic heterocycles. The number of hydrogen-bond donors (Lipinski definition) is 1. The van der Waals surface area contributed by atoms with Gasteiger partial charge in [-0.1, -0.05) is 29.8 Å². The van der Waals surface area contributed by atoms with Gasteiger partial charge in [0, 0.05) is 25.6 Å². The van der Waals surface area contributed by atoms with E-state index in [9.17, 15) is 9.59 Å². The maximum atomic E-state index is 12.0. The number of aromatic nitrogens is 2. The Morgan fingerprint density at radius 1 is 1.12 bits per heavy atom. The van der Waals surface area contributed by atoms with E-state index in [0.29, 0.717) is 22.2 Å². The molecule has 0 spiro atoms. The van der Waals surface area contributed by atoms with Gasteiger partial charge in [-0.05, 0) is 36.2 Å². The minimum absolute atomic E-state index is 0.0545. The van der Waals surface area contributed by atoms with Crippen molar-refractivity contribution in [2.75, 3.05) is 6.54 Å². The van der Waals surface area contributed by atoms with Crippen molar-refractivity contribution in [3.63, 3.8) is 0 Å². The Bertz CT molecular complexity index is 889. The average molecular weight is 388 g/mol. The Hall–Kier alpha value is -2.44. The van der Waals surface area contributed by atoms with Gasteiger partial charge in [0.05, 0.1) is 21.1 Å². The van der Waals surface area contributed by atoms with Crippen LogP contribution in [0.4, 0.5) is 0 Å². The van der Waals surface area contributed by atoms with Crippen molar-refractivity contribution in [1.29, 1.82) is 0 Å². The third-order valence-corrected chi connectivity index (χ3v) is 5.09. The molecule has 2 heterocycles. The molecule has 3 rings (SSSR count). The van der Waals surface area contributed by atoms with E-state index in [0.717, 1.165) is 11.3 Å². The van der Waals surface area contributed by atoms with Crippen molar-refractivity contribution < 1.29 is 9.59 Å². The number of carbonyl (C=O) groups is 2. The van der Waals surface area contributed by atoms with Crippen LogP contribution in [0.25, 0.3) is 5.69 Å². The van der Waals surface area contributed by atoms with Gasteiger partial charge in [0.15, 0.2) is 5.78 Å². The number of benzene rings is 1. The van der Waals surface area contributed by atoms with Crippen molar-refractivity contribution in [2.45, 2.75) is 19.3 Å². The molecule has 26 heavy (non-hydrogen) atoms. The first-order chi connectivity index (χ1) is 12.6. The second-order valence-corrected chi connectivity index (χ2v) is 7.47. The summed E-state index contributed by atoms with van der Waals surface area (Å²) in [6.07, 6.45) is 4.80. The number of nitrogens with one attached hydrogen (secondary N) is 1. The summed E-state index contributed by atoms with van der Waals surface area (Å²) in [5.41, 5.74) is 2.04. The largest absolute Gasteiger partial charge is 0.356 e. The van der Waals surface area contributed by atoms with Gasteiger partial charge in [-0.15, -0.1) is 11.3 Å². The van der Waals surface area contributed by atoms with Crippen molar-refractivity contribution in [2.24, 2.45) is 0 Å². The smallest absolute Gasteiger partial charge is 0.220 e. The van der Waals surface area contributed by atoms with Gasteiger partial charge < -0.3 is 5.32 Å². The zero-order chi connectivity index (χ0) is 18.4. The Morgan fingerprint density at radius 3 is 2.65 bits per heavy atom. The SMILES string of the molecule is O=C(CCC(=O)c1ccc(Cl)s1)NCCc1cnn(-c2ccccc2)c1. The highest BCUT2D eigenvalue weighted by molar-refractivity contribution is 7.18. The van der Waals surface area contributed by atoms with Crippen LogP contribution in [0.1, 0.15) is 28.1 Å². The Kier molecular flexibility index (Phi) is 6.20. The lowest BCUT2D eigenvalue weighted by Gasteiger charge is -2.03. The third-order valence-electron chi connectivity index (χ3n) is 3.82. The molecular weight excluding hydrogens is 370 g/mol. The van der Waals surface area contributed by atoms with Crippen molar-refractivity contribution in [1.82, 2.24) is 15.1 Å². The topological polar surface area (TPSA) is 64.0 Å². The molecule has 0 aliphatic carbocycles. The van der Waals surface area contributed by atoms with Crippen LogP contribution in [0.2, 0.25) is 4.34 Å². The predicted molar refractivity (Wildman–Crippen MR) is 103 cm³/mol. The number of amides is 1. The van der Waals surface area contributed by atoms with Gasteiger partial charge in [-0.2, -0.15) is 5.10 Å². The first-order valence-electron chi connectivity index (χ1n) is 8.26. The van der Waals surface area contributed by atoms with E-state index in [-0.39, 0.29) is 24.5 Å². The molecule has 1 amide bonds. The normalized spacial score (nSPS) is 10.7. The zero-order valence-electron chi connectivity index (χ0n) is 14.0. The molecule has 0 saturated heterocycles. The van der Waals surface area contributed by atoms with E-state index in [1.54, 1.807) is 18.3 Å². The summed E-state index contributed by atoms with van der Waals surface area (Å²) >= 11 is 7.05. The fraction of sp³-hybridized carbons (Fsp3) is 0.211. The van der Waals surface area contributed by atoms with Crippen LogP contribution in [-0.4, -0.2) is 28.0 Å². The molecule has 3 aromatic rings. The molecule has 0 aliphatic rings. The van der Waals surface area contributed by atoms with Crippen molar-refractivity contribution in [3.8, 4) is 5.69 Å². The summed E-state index contributed by atoms with van der Waals surface area (Å²) in [5.74, 6) is -0.183. The lowest BCUT2D eigenvalue weighted by Crippen LogP contribution is -2.25. The first-order valence-corrected chi connectivity index (χ1v) is 9.45. The minimum Gasteiger partial charge on any atom is -0.356 e. The lowest BCUT2D eigenvalue weighted by atomic mass is 10.2. The number of nitrogens with zero attached hydrogens (tertiary/aromatic N) is 2. The summed E-state index contributed by atoms with van der Waals surface area (Å²) in [4.78, 5) is 24.4. The number of halogens is 1. The van der Waals surface area contributed by atoms with Crippen LogP contribution < -0.4 is 5.32 Å². The molecule has 1 aromatic carbocycles. The van der Waals surface area contributed by atoms with Crippen LogP contribution in [-0.2, 0) is 11.2 Å². The zero-order valence-corrected chi connectivity index (χ0v) is 15.6. The molecule has 7 heteroatoms. The van der Waals surface area contributed by atoms with Gasteiger partial charge in [-0.25, -0.2) is 4.68 Å². The van der Waals surface area contributed by atoms with E-state index in [1.165, 1.54) is 11.3 Å². The molecule has 1 N–H and O–H groups in total. The number of para-hydroxylation sites is 1. The van der Waals surface area contributed by atoms with E-state index < -0.39 is 0 Å². The van der Waals surface area contributed by atoms with Crippen LogP contribution in [0, 0.1) is 0 Å².